The van der Waals surface area contributed by atoms with Gasteiger partial charge in [0.15, 0.2) is 5.78 Å². The molecule has 0 saturated carbocycles. The van der Waals surface area contributed by atoms with Gasteiger partial charge in [-0.3, -0.25) is 9.59 Å². The van der Waals surface area contributed by atoms with Gasteiger partial charge in [0.1, 0.15) is 0 Å². The molecular formula is C13H15NO3. The molecule has 0 atom stereocenters. The fourth-order valence-electron chi connectivity index (χ4n) is 2.13. The number of rotatable bonds is 4. The first kappa shape index (κ1) is 11.6. The largest absolute Gasteiger partial charge is 0.481 e. The van der Waals surface area contributed by atoms with Crippen molar-refractivity contribution in [1.29, 1.82) is 0 Å². The molecule has 2 rings (SSSR count). The van der Waals surface area contributed by atoms with Crippen molar-refractivity contribution < 1.29 is 14.7 Å². The van der Waals surface area contributed by atoms with Crippen LogP contribution < -0.4 is 4.90 Å². The van der Waals surface area contributed by atoms with E-state index in [1.807, 2.05) is 24.3 Å². The summed E-state index contributed by atoms with van der Waals surface area (Å²) in [7, 11) is 0. The summed E-state index contributed by atoms with van der Waals surface area (Å²) in [5.74, 6) is -0.596. The Balaban J connectivity index is 2.08. The molecule has 4 nitrogen and oxygen atoms in total. The van der Waals surface area contributed by atoms with Gasteiger partial charge in [0.05, 0.1) is 0 Å². The van der Waals surface area contributed by atoms with E-state index in [9.17, 15) is 9.59 Å². The Labute approximate surface area is 99.9 Å². The molecule has 1 aromatic rings. The number of para-hydroxylation sites is 1. The van der Waals surface area contributed by atoms with Gasteiger partial charge in [-0.2, -0.15) is 0 Å². The van der Waals surface area contributed by atoms with Gasteiger partial charge in [-0.15, -0.1) is 0 Å². The number of ketones is 1. The predicted molar refractivity (Wildman–Crippen MR) is 64.5 cm³/mol. The highest BCUT2D eigenvalue weighted by atomic mass is 16.4. The van der Waals surface area contributed by atoms with Crippen LogP contribution in [0.3, 0.4) is 0 Å². The summed E-state index contributed by atoms with van der Waals surface area (Å²) < 4.78 is 0. The summed E-state index contributed by atoms with van der Waals surface area (Å²) in [6.45, 7) is 1.38. The zero-order chi connectivity index (χ0) is 12.3. The number of carboxylic acids is 1. The van der Waals surface area contributed by atoms with E-state index in [1.165, 1.54) is 0 Å². The fourth-order valence-corrected chi connectivity index (χ4v) is 2.13. The molecule has 0 aromatic heterocycles. The molecular weight excluding hydrogens is 218 g/mol. The zero-order valence-corrected chi connectivity index (χ0v) is 9.56. The van der Waals surface area contributed by atoms with Crippen LogP contribution in [0, 0.1) is 0 Å². The maximum atomic E-state index is 11.7. The molecule has 0 saturated heterocycles. The minimum atomic E-state index is -0.772. The number of carboxylic acid groups (broad SMARTS) is 1. The number of hydrogen-bond acceptors (Lipinski definition) is 3. The topological polar surface area (TPSA) is 57.6 Å². The lowest BCUT2D eigenvalue weighted by Crippen LogP contribution is -2.33. The lowest BCUT2D eigenvalue weighted by atomic mass is 10.0. The van der Waals surface area contributed by atoms with E-state index in [0.717, 1.165) is 11.3 Å². The Morgan fingerprint density at radius 1 is 1.35 bits per heavy atom. The van der Waals surface area contributed by atoms with Crippen LogP contribution in [0.25, 0.3) is 0 Å². The highest BCUT2D eigenvalue weighted by Crippen LogP contribution is 2.26. The van der Waals surface area contributed by atoms with Gasteiger partial charge in [0.25, 0.3) is 0 Å². The molecule has 0 aliphatic carbocycles. The molecule has 1 aliphatic rings. The SMILES string of the molecule is O=C(O)CCCN1CCC(=O)c2ccccc21. The quantitative estimate of drug-likeness (QED) is 0.863. The molecule has 0 bridgehead atoms. The molecule has 1 N–H and O–H groups in total. The van der Waals surface area contributed by atoms with Gasteiger partial charge < -0.3 is 10.0 Å². The number of aliphatic carboxylic acids is 1. The summed E-state index contributed by atoms with van der Waals surface area (Å²) in [5.41, 5.74) is 1.70. The second-order valence-electron chi connectivity index (χ2n) is 4.17. The van der Waals surface area contributed by atoms with E-state index in [1.54, 1.807) is 0 Å². The first-order chi connectivity index (χ1) is 8.18. The number of carbonyl (C=O) groups excluding carboxylic acids is 1. The van der Waals surface area contributed by atoms with Crippen molar-refractivity contribution in [3.63, 3.8) is 0 Å². The molecule has 1 heterocycles. The third kappa shape index (κ3) is 2.64. The molecule has 4 heteroatoms. The zero-order valence-electron chi connectivity index (χ0n) is 9.56. The lowest BCUT2D eigenvalue weighted by Gasteiger charge is -2.30. The maximum absolute atomic E-state index is 11.7. The first-order valence-electron chi connectivity index (χ1n) is 5.77. The minimum Gasteiger partial charge on any atom is -0.481 e. The number of hydrogen-bond donors (Lipinski definition) is 1. The van der Waals surface area contributed by atoms with Gasteiger partial charge in [-0.05, 0) is 18.6 Å². The van der Waals surface area contributed by atoms with E-state index in [0.29, 0.717) is 25.9 Å². The Hall–Kier alpha value is -1.84. The average molecular weight is 233 g/mol. The van der Waals surface area contributed by atoms with E-state index < -0.39 is 5.97 Å². The minimum absolute atomic E-state index is 0.173. The average Bonchev–Trinajstić information content (AvgIpc) is 2.32. The molecule has 17 heavy (non-hydrogen) atoms. The second kappa shape index (κ2) is 4.99. The van der Waals surface area contributed by atoms with E-state index in [-0.39, 0.29) is 12.2 Å². The summed E-state index contributed by atoms with van der Waals surface area (Å²) in [5, 5.41) is 8.61. The van der Waals surface area contributed by atoms with Crippen LogP contribution in [0.4, 0.5) is 5.69 Å². The highest BCUT2D eigenvalue weighted by molar-refractivity contribution is 6.03. The number of carbonyl (C=O) groups is 2. The van der Waals surface area contributed by atoms with E-state index in [2.05, 4.69) is 4.90 Å². The summed E-state index contributed by atoms with van der Waals surface area (Å²) in [6.07, 6.45) is 1.30. The van der Waals surface area contributed by atoms with Crippen molar-refractivity contribution >= 4 is 17.4 Å². The fraction of sp³-hybridized carbons (Fsp3) is 0.385. The monoisotopic (exact) mass is 233 g/mol. The molecule has 0 fully saturated rings. The standard InChI is InChI=1S/C13H15NO3/c15-12-7-9-14(8-3-6-13(16)17)11-5-2-1-4-10(11)12/h1-2,4-5H,3,6-9H2,(H,16,17). The van der Waals surface area contributed by atoms with Gasteiger partial charge in [-0.1, -0.05) is 12.1 Å². The van der Waals surface area contributed by atoms with Crippen molar-refractivity contribution in [3.05, 3.63) is 29.8 Å². The molecule has 90 valence electrons. The van der Waals surface area contributed by atoms with Crippen molar-refractivity contribution in [3.8, 4) is 0 Å². The van der Waals surface area contributed by atoms with Gasteiger partial charge in [0, 0.05) is 37.2 Å². The van der Waals surface area contributed by atoms with Gasteiger partial charge in [0.2, 0.25) is 0 Å². The number of nitrogens with zero attached hydrogens (tertiary/aromatic N) is 1. The van der Waals surface area contributed by atoms with Crippen molar-refractivity contribution in [2.45, 2.75) is 19.3 Å². The van der Waals surface area contributed by atoms with Crippen LogP contribution in [0.2, 0.25) is 0 Å². The number of anilines is 1. The summed E-state index contributed by atoms with van der Waals surface area (Å²) in [4.78, 5) is 24.3. The molecule has 0 unspecified atom stereocenters. The summed E-state index contributed by atoms with van der Waals surface area (Å²) in [6, 6.07) is 7.52. The van der Waals surface area contributed by atoms with Crippen molar-refractivity contribution in [2.75, 3.05) is 18.0 Å². The second-order valence-corrected chi connectivity index (χ2v) is 4.17. The molecule has 1 aromatic carbocycles. The van der Waals surface area contributed by atoms with E-state index >= 15 is 0 Å². The number of fused-ring (bicyclic) bond motifs is 1. The van der Waals surface area contributed by atoms with Crippen LogP contribution in [-0.4, -0.2) is 29.9 Å². The maximum Gasteiger partial charge on any atom is 0.303 e. The van der Waals surface area contributed by atoms with Crippen LogP contribution in [-0.2, 0) is 4.79 Å². The third-order valence-corrected chi connectivity index (χ3v) is 2.97. The predicted octanol–water partition coefficient (Wildman–Crippen LogP) is 1.94. The smallest absolute Gasteiger partial charge is 0.303 e. The Bertz CT molecular complexity index is 442. The Morgan fingerprint density at radius 2 is 2.12 bits per heavy atom. The lowest BCUT2D eigenvalue weighted by molar-refractivity contribution is -0.137. The molecule has 0 amide bonds. The summed E-state index contributed by atoms with van der Waals surface area (Å²) >= 11 is 0. The first-order valence-corrected chi connectivity index (χ1v) is 5.77. The normalized spacial score (nSPS) is 14.6. The van der Waals surface area contributed by atoms with Crippen LogP contribution in [0.1, 0.15) is 29.6 Å². The number of benzene rings is 1. The van der Waals surface area contributed by atoms with Crippen LogP contribution in [0.15, 0.2) is 24.3 Å². The van der Waals surface area contributed by atoms with Crippen molar-refractivity contribution in [1.82, 2.24) is 0 Å². The van der Waals surface area contributed by atoms with Gasteiger partial charge in [-0.25, -0.2) is 0 Å². The van der Waals surface area contributed by atoms with Crippen LogP contribution >= 0.6 is 0 Å². The third-order valence-electron chi connectivity index (χ3n) is 2.97. The van der Waals surface area contributed by atoms with E-state index in [4.69, 9.17) is 5.11 Å². The Kier molecular flexibility index (Phi) is 3.42. The number of Topliss-reactive ketones (excluding diaryl/α,β-unsaturated/α-hetero) is 1. The van der Waals surface area contributed by atoms with Gasteiger partial charge >= 0.3 is 5.97 Å². The van der Waals surface area contributed by atoms with Crippen molar-refractivity contribution in [2.24, 2.45) is 0 Å². The van der Waals surface area contributed by atoms with Crippen LogP contribution in [0.5, 0.6) is 0 Å². The molecule has 1 aliphatic heterocycles. The molecule has 0 radical (unpaired) electrons. The highest BCUT2D eigenvalue weighted by Gasteiger charge is 2.21. The molecule has 0 spiro atoms. The Morgan fingerprint density at radius 3 is 2.88 bits per heavy atom.